The van der Waals surface area contributed by atoms with E-state index in [1.165, 1.54) is 6.07 Å². The first-order valence-electron chi connectivity index (χ1n) is 7.20. The summed E-state index contributed by atoms with van der Waals surface area (Å²) in [5.74, 6) is 0.769. The molecule has 0 N–H and O–H groups in total. The van der Waals surface area contributed by atoms with Gasteiger partial charge in [-0.3, -0.25) is 4.68 Å². The van der Waals surface area contributed by atoms with Gasteiger partial charge in [0.25, 0.3) is 5.89 Å². The molecule has 0 saturated heterocycles. The van der Waals surface area contributed by atoms with Crippen LogP contribution in [0.1, 0.15) is 29.9 Å². The average molecular weight is 298 g/mol. The van der Waals surface area contributed by atoms with E-state index in [2.05, 4.69) is 15.2 Å². The first-order chi connectivity index (χ1) is 10.6. The minimum Gasteiger partial charge on any atom is -0.332 e. The Morgan fingerprint density at radius 2 is 2.09 bits per heavy atom. The van der Waals surface area contributed by atoms with E-state index in [0.717, 1.165) is 24.1 Å². The van der Waals surface area contributed by atoms with Crippen molar-refractivity contribution in [3.05, 3.63) is 53.2 Å². The van der Waals surface area contributed by atoms with Crippen molar-refractivity contribution in [1.29, 1.82) is 0 Å². The highest BCUT2D eigenvalue weighted by Gasteiger charge is 2.50. The molecule has 6 heteroatoms. The molecule has 5 nitrogen and oxygen atoms in total. The molecule has 3 aromatic rings. The van der Waals surface area contributed by atoms with Gasteiger partial charge in [-0.05, 0) is 43.5 Å². The topological polar surface area (TPSA) is 56.7 Å². The summed E-state index contributed by atoms with van der Waals surface area (Å²) in [5, 5.41) is 8.46. The lowest BCUT2D eigenvalue weighted by atomic mass is 9.95. The average Bonchev–Trinajstić information content (AvgIpc) is 3.03. The second-order valence-electron chi connectivity index (χ2n) is 5.81. The van der Waals surface area contributed by atoms with Crippen molar-refractivity contribution in [1.82, 2.24) is 19.9 Å². The molecule has 0 bridgehead atoms. The third-order valence-electron chi connectivity index (χ3n) is 4.31. The fourth-order valence-electron chi connectivity index (χ4n) is 2.74. The van der Waals surface area contributed by atoms with Crippen molar-refractivity contribution in [2.75, 3.05) is 0 Å². The molecule has 1 aliphatic rings. The highest BCUT2D eigenvalue weighted by molar-refractivity contribution is 5.48. The van der Waals surface area contributed by atoms with Crippen LogP contribution in [0.25, 0.3) is 11.6 Å². The fourth-order valence-corrected chi connectivity index (χ4v) is 2.74. The molecule has 0 aliphatic heterocycles. The molecule has 2 aromatic heterocycles. The number of aryl methyl sites for hydroxylation is 2. The molecule has 0 spiro atoms. The van der Waals surface area contributed by atoms with Gasteiger partial charge in [0.15, 0.2) is 11.5 Å². The Morgan fingerprint density at radius 1 is 1.27 bits per heavy atom. The summed E-state index contributed by atoms with van der Waals surface area (Å²) in [4.78, 5) is 4.50. The van der Waals surface area contributed by atoms with Gasteiger partial charge in [-0.15, -0.1) is 0 Å². The summed E-state index contributed by atoms with van der Waals surface area (Å²) in [6.07, 6.45) is 1.80. The second-order valence-corrected chi connectivity index (χ2v) is 5.81. The molecule has 1 aliphatic carbocycles. The van der Waals surface area contributed by atoms with E-state index in [0.29, 0.717) is 17.4 Å². The fraction of sp³-hybridized carbons (Fsp3) is 0.312. The molecule has 2 heterocycles. The van der Waals surface area contributed by atoms with Crippen molar-refractivity contribution in [3.8, 4) is 11.6 Å². The molecule has 4 rings (SSSR count). The van der Waals surface area contributed by atoms with Crippen LogP contribution in [0.3, 0.4) is 0 Å². The number of aromatic nitrogens is 4. The van der Waals surface area contributed by atoms with Gasteiger partial charge < -0.3 is 4.52 Å². The Balaban J connectivity index is 1.72. The first-order valence-corrected chi connectivity index (χ1v) is 7.20. The summed E-state index contributed by atoms with van der Waals surface area (Å²) in [6.45, 7) is 1.96. The number of hydrogen-bond donors (Lipinski definition) is 0. The van der Waals surface area contributed by atoms with Crippen LogP contribution in [0.5, 0.6) is 0 Å². The van der Waals surface area contributed by atoms with Crippen LogP contribution in [0.15, 0.2) is 34.9 Å². The van der Waals surface area contributed by atoms with Crippen LogP contribution >= 0.6 is 0 Å². The molecule has 0 radical (unpaired) electrons. The maximum Gasteiger partial charge on any atom is 0.278 e. The zero-order valence-corrected chi connectivity index (χ0v) is 12.4. The smallest absolute Gasteiger partial charge is 0.278 e. The lowest BCUT2D eigenvalue weighted by Crippen LogP contribution is -2.11. The SMILES string of the molecule is Cc1cc(-c2nc(C3(c4cccc(F)c4)CC3)no2)nn1C. The van der Waals surface area contributed by atoms with E-state index >= 15 is 0 Å². The second kappa shape index (κ2) is 4.50. The van der Waals surface area contributed by atoms with Crippen molar-refractivity contribution in [2.45, 2.75) is 25.2 Å². The zero-order valence-electron chi connectivity index (χ0n) is 12.4. The molecule has 1 saturated carbocycles. The Kier molecular flexibility index (Phi) is 2.69. The largest absolute Gasteiger partial charge is 0.332 e. The molecular weight excluding hydrogens is 283 g/mol. The summed E-state index contributed by atoms with van der Waals surface area (Å²) >= 11 is 0. The highest BCUT2D eigenvalue weighted by atomic mass is 19.1. The number of nitrogens with zero attached hydrogens (tertiary/aromatic N) is 4. The van der Waals surface area contributed by atoms with E-state index in [1.54, 1.807) is 16.8 Å². The minimum atomic E-state index is -0.312. The predicted molar refractivity (Wildman–Crippen MR) is 77.7 cm³/mol. The molecular formula is C16H15FN4O. The third kappa shape index (κ3) is 1.94. The van der Waals surface area contributed by atoms with Crippen molar-refractivity contribution in [2.24, 2.45) is 7.05 Å². The van der Waals surface area contributed by atoms with Gasteiger partial charge in [-0.25, -0.2) is 4.39 Å². The number of rotatable bonds is 3. The summed E-state index contributed by atoms with van der Waals surface area (Å²) in [6, 6.07) is 8.52. The molecule has 1 fully saturated rings. The Labute approximate surface area is 126 Å². The quantitative estimate of drug-likeness (QED) is 0.746. The van der Waals surface area contributed by atoms with E-state index in [1.807, 2.05) is 26.1 Å². The van der Waals surface area contributed by atoms with Gasteiger partial charge in [0.05, 0.1) is 5.41 Å². The van der Waals surface area contributed by atoms with Crippen molar-refractivity contribution >= 4 is 0 Å². The van der Waals surface area contributed by atoms with Crippen LogP contribution in [0.4, 0.5) is 4.39 Å². The zero-order chi connectivity index (χ0) is 15.3. The van der Waals surface area contributed by atoms with Crippen LogP contribution in [0, 0.1) is 12.7 Å². The molecule has 112 valence electrons. The molecule has 1 aromatic carbocycles. The van der Waals surface area contributed by atoms with E-state index in [-0.39, 0.29) is 11.2 Å². The van der Waals surface area contributed by atoms with Gasteiger partial charge in [-0.1, -0.05) is 17.3 Å². The van der Waals surface area contributed by atoms with Gasteiger partial charge in [0.2, 0.25) is 0 Å². The normalized spacial score (nSPS) is 16.0. The van der Waals surface area contributed by atoms with Crippen LogP contribution in [-0.4, -0.2) is 19.9 Å². The Bertz CT molecular complexity index is 828. The maximum atomic E-state index is 13.5. The molecule has 22 heavy (non-hydrogen) atoms. The van der Waals surface area contributed by atoms with E-state index < -0.39 is 0 Å². The number of halogens is 1. The predicted octanol–water partition coefficient (Wildman–Crippen LogP) is 3.00. The third-order valence-corrected chi connectivity index (χ3v) is 4.31. The van der Waals surface area contributed by atoms with Gasteiger partial charge >= 0.3 is 0 Å². The molecule has 0 atom stereocenters. The Morgan fingerprint density at radius 3 is 2.73 bits per heavy atom. The first kappa shape index (κ1) is 13.2. The Hall–Kier alpha value is -2.50. The monoisotopic (exact) mass is 298 g/mol. The van der Waals surface area contributed by atoms with E-state index in [9.17, 15) is 4.39 Å². The summed E-state index contributed by atoms with van der Waals surface area (Å²) < 4.78 is 20.6. The van der Waals surface area contributed by atoms with Crippen LogP contribution in [-0.2, 0) is 12.5 Å². The standard InChI is InChI=1S/C16H15FN4O/c1-10-8-13(19-21(10)2)14-18-15(20-22-14)16(6-7-16)11-4-3-5-12(17)9-11/h3-5,8-9H,6-7H2,1-2H3. The number of hydrogen-bond acceptors (Lipinski definition) is 4. The van der Waals surface area contributed by atoms with Crippen molar-refractivity contribution in [3.63, 3.8) is 0 Å². The molecule has 0 unspecified atom stereocenters. The lowest BCUT2D eigenvalue weighted by Gasteiger charge is -2.10. The number of benzene rings is 1. The van der Waals surface area contributed by atoms with Crippen LogP contribution < -0.4 is 0 Å². The van der Waals surface area contributed by atoms with Crippen molar-refractivity contribution < 1.29 is 8.91 Å². The van der Waals surface area contributed by atoms with Crippen LogP contribution in [0.2, 0.25) is 0 Å². The van der Waals surface area contributed by atoms with Gasteiger partial charge in [-0.2, -0.15) is 10.1 Å². The summed E-state index contributed by atoms with van der Waals surface area (Å²) in [5.41, 5.74) is 2.26. The van der Waals surface area contributed by atoms with Gasteiger partial charge in [0, 0.05) is 12.7 Å². The van der Waals surface area contributed by atoms with E-state index in [4.69, 9.17) is 4.52 Å². The highest BCUT2D eigenvalue weighted by Crippen LogP contribution is 2.52. The maximum absolute atomic E-state index is 13.5. The van der Waals surface area contributed by atoms with Gasteiger partial charge in [0.1, 0.15) is 5.82 Å². The summed E-state index contributed by atoms with van der Waals surface area (Å²) in [7, 11) is 1.87. The lowest BCUT2D eigenvalue weighted by molar-refractivity contribution is 0.416. The minimum absolute atomic E-state index is 0.243. The molecule has 0 amide bonds.